The molecule has 1 amide bonds. The van der Waals surface area contributed by atoms with Gasteiger partial charge in [-0.15, -0.1) is 10.2 Å². The fourth-order valence-corrected chi connectivity index (χ4v) is 3.87. The molecule has 2 aromatic rings. The molecule has 1 unspecified atom stereocenters. The van der Waals surface area contributed by atoms with Crippen molar-refractivity contribution in [2.45, 2.75) is 44.6 Å². The quantitative estimate of drug-likeness (QED) is 0.860. The van der Waals surface area contributed by atoms with Crippen molar-refractivity contribution in [3.05, 3.63) is 47.0 Å². The van der Waals surface area contributed by atoms with Crippen LogP contribution in [0.2, 0.25) is 0 Å². The summed E-state index contributed by atoms with van der Waals surface area (Å²) in [6.45, 7) is 2.55. The second-order valence-corrected chi connectivity index (χ2v) is 6.89. The van der Waals surface area contributed by atoms with Gasteiger partial charge in [-0.25, -0.2) is 0 Å². The number of piperidine rings is 1. The van der Waals surface area contributed by atoms with Crippen molar-refractivity contribution in [1.29, 1.82) is 5.26 Å². The Labute approximate surface area is 147 Å². The van der Waals surface area contributed by atoms with Crippen molar-refractivity contribution in [1.82, 2.24) is 19.7 Å². The summed E-state index contributed by atoms with van der Waals surface area (Å²) < 4.78 is 2.25. The molecule has 0 N–H and O–H groups in total. The Morgan fingerprint density at radius 1 is 1.20 bits per heavy atom. The highest BCUT2D eigenvalue weighted by molar-refractivity contribution is 5.79. The van der Waals surface area contributed by atoms with E-state index in [9.17, 15) is 4.79 Å². The standard InChI is InChI=1S/C19H21N5O/c20-12-15-7-5-14(6-8-15)11-18(25)23-9-1-3-16(13-23)19-22-21-17-4-2-10-24(17)19/h5-8,16H,1-4,9-11,13H2. The van der Waals surface area contributed by atoms with Gasteiger partial charge in [-0.05, 0) is 37.0 Å². The lowest BCUT2D eigenvalue weighted by atomic mass is 9.96. The van der Waals surface area contributed by atoms with Crippen LogP contribution in [0.5, 0.6) is 0 Å². The Kier molecular flexibility index (Phi) is 4.22. The van der Waals surface area contributed by atoms with E-state index in [2.05, 4.69) is 20.8 Å². The summed E-state index contributed by atoms with van der Waals surface area (Å²) >= 11 is 0. The lowest BCUT2D eigenvalue weighted by molar-refractivity contribution is -0.131. The third-order valence-electron chi connectivity index (χ3n) is 5.22. The van der Waals surface area contributed by atoms with Crippen molar-refractivity contribution < 1.29 is 4.79 Å². The lowest BCUT2D eigenvalue weighted by Gasteiger charge is -2.32. The topological polar surface area (TPSA) is 74.8 Å². The molecule has 0 bridgehead atoms. The fraction of sp³-hybridized carbons (Fsp3) is 0.474. The summed E-state index contributed by atoms with van der Waals surface area (Å²) in [5.41, 5.74) is 1.57. The highest BCUT2D eigenvalue weighted by Gasteiger charge is 2.30. The minimum absolute atomic E-state index is 0.149. The largest absolute Gasteiger partial charge is 0.342 e. The zero-order valence-electron chi connectivity index (χ0n) is 14.2. The molecule has 0 radical (unpaired) electrons. The summed E-state index contributed by atoms with van der Waals surface area (Å²) in [4.78, 5) is 14.7. The fourth-order valence-electron chi connectivity index (χ4n) is 3.87. The minimum Gasteiger partial charge on any atom is -0.342 e. The summed E-state index contributed by atoms with van der Waals surface area (Å²) in [7, 11) is 0. The number of hydrogen-bond acceptors (Lipinski definition) is 4. The van der Waals surface area contributed by atoms with Crippen LogP contribution in [0.4, 0.5) is 0 Å². The van der Waals surface area contributed by atoms with Crippen LogP contribution in [0.3, 0.4) is 0 Å². The predicted octanol–water partition coefficient (Wildman–Crippen LogP) is 2.04. The molecule has 2 aliphatic rings. The smallest absolute Gasteiger partial charge is 0.227 e. The van der Waals surface area contributed by atoms with E-state index in [0.29, 0.717) is 12.0 Å². The Bertz CT molecular complexity index is 817. The molecular weight excluding hydrogens is 314 g/mol. The van der Waals surface area contributed by atoms with E-state index in [1.165, 1.54) is 0 Å². The predicted molar refractivity (Wildman–Crippen MR) is 91.8 cm³/mol. The first-order chi connectivity index (χ1) is 12.2. The van der Waals surface area contributed by atoms with Crippen LogP contribution in [0.25, 0.3) is 0 Å². The van der Waals surface area contributed by atoms with Gasteiger partial charge in [-0.3, -0.25) is 4.79 Å². The number of aryl methyl sites for hydroxylation is 1. The number of carbonyl (C=O) groups is 1. The van der Waals surface area contributed by atoms with Crippen molar-refractivity contribution in [3.63, 3.8) is 0 Å². The van der Waals surface area contributed by atoms with Crippen LogP contribution in [0.15, 0.2) is 24.3 Å². The third kappa shape index (κ3) is 3.14. The number of likely N-dealkylation sites (tertiary alicyclic amines) is 1. The van der Waals surface area contributed by atoms with Gasteiger partial charge in [0.15, 0.2) is 0 Å². The van der Waals surface area contributed by atoms with Crippen LogP contribution in [0.1, 0.15) is 48.0 Å². The van der Waals surface area contributed by atoms with E-state index in [-0.39, 0.29) is 11.8 Å². The number of carbonyl (C=O) groups excluding carboxylic acids is 1. The Morgan fingerprint density at radius 3 is 2.84 bits per heavy atom. The summed E-state index contributed by atoms with van der Waals surface area (Å²) in [5.74, 6) is 2.59. The van der Waals surface area contributed by atoms with E-state index in [1.54, 1.807) is 12.1 Å². The maximum absolute atomic E-state index is 12.7. The average molecular weight is 335 g/mol. The maximum Gasteiger partial charge on any atom is 0.227 e. The van der Waals surface area contributed by atoms with Gasteiger partial charge in [0.1, 0.15) is 11.6 Å². The number of benzene rings is 1. The lowest BCUT2D eigenvalue weighted by Crippen LogP contribution is -2.40. The maximum atomic E-state index is 12.7. The molecule has 0 saturated carbocycles. The molecule has 128 valence electrons. The molecule has 6 heteroatoms. The second kappa shape index (κ2) is 6.67. The molecule has 1 aromatic heterocycles. The number of nitriles is 1. The number of amides is 1. The van der Waals surface area contributed by atoms with Crippen molar-refractivity contribution in [2.24, 2.45) is 0 Å². The normalized spacial score (nSPS) is 19.5. The molecule has 25 heavy (non-hydrogen) atoms. The van der Waals surface area contributed by atoms with Crippen molar-refractivity contribution >= 4 is 5.91 Å². The summed E-state index contributed by atoms with van der Waals surface area (Å²) in [6.07, 6.45) is 4.62. The SMILES string of the molecule is N#Cc1ccc(CC(=O)N2CCCC(c3nnc4n3CCC4)C2)cc1. The number of fused-ring (bicyclic) bond motifs is 1. The van der Waals surface area contributed by atoms with Gasteiger partial charge in [0.2, 0.25) is 5.91 Å². The van der Waals surface area contributed by atoms with Crippen LogP contribution in [-0.2, 0) is 24.2 Å². The van der Waals surface area contributed by atoms with Crippen LogP contribution < -0.4 is 0 Å². The first-order valence-electron chi connectivity index (χ1n) is 8.93. The molecule has 0 aliphatic carbocycles. The van der Waals surface area contributed by atoms with E-state index in [0.717, 1.165) is 62.5 Å². The molecule has 2 aliphatic heterocycles. The molecule has 1 saturated heterocycles. The van der Waals surface area contributed by atoms with Gasteiger partial charge in [0.05, 0.1) is 18.1 Å². The van der Waals surface area contributed by atoms with Crippen LogP contribution >= 0.6 is 0 Å². The molecule has 1 fully saturated rings. The van der Waals surface area contributed by atoms with Crippen LogP contribution in [0, 0.1) is 11.3 Å². The van der Waals surface area contributed by atoms with Gasteiger partial charge >= 0.3 is 0 Å². The Balaban J connectivity index is 1.43. The summed E-state index contributed by atoms with van der Waals surface area (Å²) in [5, 5.41) is 17.6. The first kappa shape index (κ1) is 15.8. The average Bonchev–Trinajstić information content (AvgIpc) is 3.26. The molecule has 0 spiro atoms. The van der Waals surface area contributed by atoms with E-state index in [1.807, 2.05) is 17.0 Å². The van der Waals surface area contributed by atoms with Gasteiger partial charge in [0, 0.05) is 32.0 Å². The molecule has 6 nitrogen and oxygen atoms in total. The Hall–Kier alpha value is -2.68. The minimum atomic E-state index is 0.149. The zero-order valence-corrected chi connectivity index (χ0v) is 14.2. The summed E-state index contributed by atoms with van der Waals surface area (Å²) in [6, 6.07) is 9.36. The third-order valence-corrected chi connectivity index (χ3v) is 5.22. The number of hydrogen-bond donors (Lipinski definition) is 0. The number of nitrogens with zero attached hydrogens (tertiary/aromatic N) is 5. The molecule has 3 heterocycles. The number of rotatable bonds is 3. The van der Waals surface area contributed by atoms with E-state index >= 15 is 0 Å². The molecular formula is C19H21N5O. The van der Waals surface area contributed by atoms with Crippen molar-refractivity contribution in [2.75, 3.05) is 13.1 Å². The van der Waals surface area contributed by atoms with E-state index < -0.39 is 0 Å². The number of aromatic nitrogens is 3. The monoisotopic (exact) mass is 335 g/mol. The van der Waals surface area contributed by atoms with Gasteiger partial charge in [-0.2, -0.15) is 5.26 Å². The first-order valence-corrected chi connectivity index (χ1v) is 8.93. The van der Waals surface area contributed by atoms with Gasteiger partial charge in [-0.1, -0.05) is 12.1 Å². The van der Waals surface area contributed by atoms with Crippen LogP contribution in [-0.4, -0.2) is 38.7 Å². The molecule has 1 aromatic carbocycles. The van der Waals surface area contributed by atoms with Crippen molar-refractivity contribution in [3.8, 4) is 6.07 Å². The second-order valence-electron chi connectivity index (χ2n) is 6.89. The molecule has 1 atom stereocenters. The molecule has 4 rings (SSSR count). The van der Waals surface area contributed by atoms with E-state index in [4.69, 9.17) is 5.26 Å². The van der Waals surface area contributed by atoms with Gasteiger partial charge < -0.3 is 9.47 Å². The van der Waals surface area contributed by atoms with Gasteiger partial charge in [0.25, 0.3) is 0 Å². The zero-order chi connectivity index (χ0) is 17.2. The highest BCUT2D eigenvalue weighted by Crippen LogP contribution is 2.28. The highest BCUT2D eigenvalue weighted by atomic mass is 16.2. The Morgan fingerprint density at radius 2 is 2.04 bits per heavy atom.